The van der Waals surface area contributed by atoms with Crippen molar-refractivity contribution in [3.63, 3.8) is 0 Å². The van der Waals surface area contributed by atoms with E-state index in [0.717, 1.165) is 0 Å². The number of aliphatic hydroxyl groups is 1. The highest BCUT2D eigenvalue weighted by Gasteiger charge is 1.95. The number of nitrogens with two attached hydrogens (primary N) is 1. The molecule has 3 nitrogen and oxygen atoms in total. The molecule has 0 aromatic heterocycles. The van der Waals surface area contributed by atoms with Gasteiger partial charge in [0.2, 0.25) is 0 Å². The van der Waals surface area contributed by atoms with Crippen molar-refractivity contribution in [3.05, 3.63) is 36.0 Å². The maximum absolute atomic E-state index is 8.93. The minimum Gasteiger partial charge on any atom is -0.506 e. The third-order valence-electron chi connectivity index (χ3n) is 0.981. The van der Waals surface area contributed by atoms with Gasteiger partial charge in [0.25, 0.3) is 0 Å². The van der Waals surface area contributed by atoms with Gasteiger partial charge in [0.1, 0.15) is 5.76 Å². The van der Waals surface area contributed by atoms with Crippen molar-refractivity contribution in [1.82, 2.24) is 5.32 Å². The van der Waals surface area contributed by atoms with Gasteiger partial charge in [0, 0.05) is 12.4 Å². The first kappa shape index (κ1) is 5.75. The van der Waals surface area contributed by atoms with Crippen molar-refractivity contribution < 1.29 is 5.11 Å². The summed E-state index contributed by atoms with van der Waals surface area (Å²) in [6, 6.07) is 0. The van der Waals surface area contributed by atoms with Crippen LogP contribution in [0.5, 0.6) is 0 Å². The fraction of sp³-hybridized carbons (Fsp3) is 0. The van der Waals surface area contributed by atoms with Gasteiger partial charge in [-0.3, -0.25) is 0 Å². The van der Waals surface area contributed by atoms with Crippen LogP contribution in [0.3, 0.4) is 0 Å². The number of hydrogen-bond donors (Lipinski definition) is 3. The van der Waals surface area contributed by atoms with Gasteiger partial charge >= 0.3 is 0 Å². The van der Waals surface area contributed by atoms with Gasteiger partial charge in [-0.15, -0.1) is 0 Å². The molecule has 0 saturated carbocycles. The Morgan fingerprint density at radius 1 is 1.56 bits per heavy atom. The monoisotopic (exact) mass is 124 g/mol. The molecule has 0 bridgehead atoms. The first-order chi connectivity index (χ1) is 4.30. The van der Waals surface area contributed by atoms with Crippen LogP contribution in [0.2, 0.25) is 0 Å². The van der Waals surface area contributed by atoms with Gasteiger partial charge in [-0.25, -0.2) is 0 Å². The summed E-state index contributed by atoms with van der Waals surface area (Å²) in [6.45, 7) is 0. The predicted octanol–water partition coefficient (Wildman–Crippen LogP) is 0.345. The van der Waals surface area contributed by atoms with Crippen LogP contribution in [0, 0.1) is 0 Å². The SMILES string of the molecule is NC1=CNC=CC=C1O. The Morgan fingerprint density at radius 2 is 2.33 bits per heavy atom. The largest absolute Gasteiger partial charge is 0.506 e. The lowest BCUT2D eigenvalue weighted by atomic mass is 10.4. The smallest absolute Gasteiger partial charge is 0.140 e. The van der Waals surface area contributed by atoms with Crippen molar-refractivity contribution in [2.75, 3.05) is 0 Å². The Kier molecular flexibility index (Phi) is 1.44. The Balaban J connectivity index is 2.85. The number of allylic oxidation sites excluding steroid dienone is 2. The third kappa shape index (κ3) is 1.25. The van der Waals surface area contributed by atoms with E-state index in [2.05, 4.69) is 5.32 Å². The topological polar surface area (TPSA) is 58.3 Å². The molecule has 1 rings (SSSR count). The van der Waals surface area contributed by atoms with Gasteiger partial charge in [0.15, 0.2) is 0 Å². The van der Waals surface area contributed by atoms with Crippen LogP contribution in [-0.4, -0.2) is 5.11 Å². The number of hydrogen-bond acceptors (Lipinski definition) is 3. The van der Waals surface area contributed by atoms with Crippen molar-refractivity contribution in [2.24, 2.45) is 5.73 Å². The second-order valence-electron chi connectivity index (χ2n) is 1.68. The lowest BCUT2D eigenvalue weighted by Gasteiger charge is -1.94. The van der Waals surface area contributed by atoms with Gasteiger partial charge < -0.3 is 16.2 Å². The van der Waals surface area contributed by atoms with E-state index in [4.69, 9.17) is 10.8 Å². The molecular formula is C6H8N2O. The highest BCUT2D eigenvalue weighted by molar-refractivity contribution is 5.27. The number of rotatable bonds is 0. The van der Waals surface area contributed by atoms with Crippen LogP contribution in [0.1, 0.15) is 0 Å². The normalized spacial score (nSPS) is 17.3. The zero-order valence-electron chi connectivity index (χ0n) is 4.83. The molecule has 0 spiro atoms. The van der Waals surface area contributed by atoms with E-state index in [0.29, 0.717) is 5.70 Å². The molecule has 1 aliphatic rings. The molecular weight excluding hydrogens is 116 g/mol. The first-order valence-electron chi connectivity index (χ1n) is 2.58. The number of aliphatic hydroxyl groups excluding tert-OH is 1. The zero-order valence-corrected chi connectivity index (χ0v) is 4.83. The summed E-state index contributed by atoms with van der Waals surface area (Å²) in [6.07, 6.45) is 6.39. The molecule has 3 heteroatoms. The van der Waals surface area contributed by atoms with E-state index in [9.17, 15) is 0 Å². The molecule has 0 saturated heterocycles. The van der Waals surface area contributed by atoms with Crippen molar-refractivity contribution in [1.29, 1.82) is 0 Å². The Labute approximate surface area is 53.2 Å². The highest BCUT2D eigenvalue weighted by Crippen LogP contribution is 1.99. The van der Waals surface area contributed by atoms with Crippen molar-refractivity contribution in [2.45, 2.75) is 0 Å². The molecule has 1 heterocycles. The summed E-state index contributed by atoms with van der Waals surface area (Å²) in [5.41, 5.74) is 5.67. The van der Waals surface area contributed by atoms with Crippen molar-refractivity contribution in [3.8, 4) is 0 Å². The van der Waals surface area contributed by atoms with Gasteiger partial charge in [0.05, 0.1) is 5.70 Å². The summed E-state index contributed by atoms with van der Waals surface area (Å²) in [5.74, 6) is 0.0938. The van der Waals surface area contributed by atoms with Gasteiger partial charge in [-0.2, -0.15) is 0 Å². The zero-order chi connectivity index (χ0) is 6.69. The second-order valence-corrected chi connectivity index (χ2v) is 1.68. The Hall–Kier alpha value is -1.38. The summed E-state index contributed by atoms with van der Waals surface area (Å²) in [5, 5.41) is 11.7. The maximum atomic E-state index is 8.93. The molecule has 0 radical (unpaired) electrons. The standard InChI is InChI=1S/C6H8N2O/c7-5-4-8-3-1-2-6(5)9/h1-4,8-9H,7H2. The van der Waals surface area contributed by atoms with Crippen LogP contribution in [0.15, 0.2) is 36.0 Å². The van der Waals surface area contributed by atoms with Crippen LogP contribution >= 0.6 is 0 Å². The molecule has 0 aromatic carbocycles. The average Bonchev–Trinajstić information content (AvgIpc) is 1.99. The van der Waals surface area contributed by atoms with Gasteiger partial charge in [-0.05, 0) is 12.2 Å². The quantitative estimate of drug-likeness (QED) is 0.436. The lowest BCUT2D eigenvalue weighted by molar-refractivity contribution is 0.422. The molecule has 48 valence electrons. The summed E-state index contributed by atoms with van der Waals surface area (Å²) in [4.78, 5) is 0. The lowest BCUT2D eigenvalue weighted by Crippen LogP contribution is -2.03. The van der Waals surface area contributed by atoms with Crippen LogP contribution < -0.4 is 11.1 Å². The Bertz CT molecular complexity index is 191. The fourth-order valence-corrected chi connectivity index (χ4v) is 0.503. The van der Waals surface area contributed by atoms with Gasteiger partial charge in [-0.1, -0.05) is 0 Å². The first-order valence-corrected chi connectivity index (χ1v) is 2.58. The summed E-state index contributed by atoms with van der Waals surface area (Å²) >= 11 is 0. The highest BCUT2D eigenvalue weighted by atomic mass is 16.3. The molecule has 4 N–H and O–H groups in total. The molecule has 0 fully saturated rings. The van der Waals surface area contributed by atoms with E-state index in [1.807, 2.05) is 0 Å². The maximum Gasteiger partial charge on any atom is 0.140 e. The molecule has 0 aliphatic carbocycles. The second kappa shape index (κ2) is 2.26. The van der Waals surface area contributed by atoms with E-state index >= 15 is 0 Å². The van der Waals surface area contributed by atoms with Crippen molar-refractivity contribution >= 4 is 0 Å². The minimum atomic E-state index is 0.0938. The van der Waals surface area contributed by atoms with E-state index < -0.39 is 0 Å². The summed E-state index contributed by atoms with van der Waals surface area (Å²) in [7, 11) is 0. The van der Waals surface area contributed by atoms with Crippen LogP contribution in [0.4, 0.5) is 0 Å². The third-order valence-corrected chi connectivity index (χ3v) is 0.981. The average molecular weight is 124 g/mol. The van der Waals surface area contributed by atoms with E-state index in [-0.39, 0.29) is 5.76 Å². The summed E-state index contributed by atoms with van der Waals surface area (Å²) < 4.78 is 0. The minimum absolute atomic E-state index is 0.0938. The van der Waals surface area contributed by atoms with Crippen LogP contribution in [0.25, 0.3) is 0 Å². The Morgan fingerprint density at radius 3 is 3.11 bits per heavy atom. The van der Waals surface area contributed by atoms with E-state index in [1.165, 1.54) is 12.3 Å². The molecule has 0 aromatic rings. The molecule has 0 atom stereocenters. The molecule has 1 aliphatic heterocycles. The molecule has 0 unspecified atom stereocenters. The predicted molar refractivity (Wildman–Crippen MR) is 35.3 cm³/mol. The van der Waals surface area contributed by atoms with E-state index in [1.54, 1.807) is 12.3 Å². The number of nitrogens with one attached hydrogen (secondary N) is 1. The van der Waals surface area contributed by atoms with Crippen LogP contribution in [-0.2, 0) is 0 Å². The molecule has 0 amide bonds. The fourth-order valence-electron chi connectivity index (χ4n) is 0.503. The molecule has 9 heavy (non-hydrogen) atoms.